The highest BCUT2D eigenvalue weighted by Crippen LogP contribution is 2.25. The number of hydrogen-bond donors (Lipinski definition) is 0. The van der Waals surface area contributed by atoms with Crippen molar-refractivity contribution >= 4 is 11.7 Å². The van der Waals surface area contributed by atoms with Crippen LogP contribution >= 0.6 is 0 Å². The van der Waals surface area contributed by atoms with Crippen molar-refractivity contribution in [2.45, 2.75) is 32.4 Å². The monoisotopic (exact) mass is 371 g/mol. The molecule has 1 amide bonds. The van der Waals surface area contributed by atoms with Crippen molar-refractivity contribution in [3.8, 4) is 0 Å². The second-order valence-corrected chi connectivity index (χ2v) is 7.67. The first-order chi connectivity index (χ1) is 13.0. The van der Waals surface area contributed by atoms with E-state index in [1.807, 2.05) is 47.5 Å². The number of piperidine rings is 1. The molecule has 8 heteroatoms. The minimum absolute atomic E-state index is 0.00666. The molecule has 2 aromatic rings. The minimum atomic E-state index is -0.00666. The molecular formula is C19H29N7O. The Morgan fingerprint density at radius 3 is 2.52 bits per heavy atom. The summed E-state index contributed by atoms with van der Waals surface area (Å²) in [6, 6.07) is 4.07. The minimum Gasteiger partial charge on any atom is -0.296 e. The van der Waals surface area contributed by atoms with Crippen LogP contribution in [0.1, 0.15) is 24.2 Å². The van der Waals surface area contributed by atoms with Gasteiger partial charge in [0.05, 0.1) is 17.4 Å². The number of rotatable bonds is 4. The summed E-state index contributed by atoms with van der Waals surface area (Å²) in [5.41, 5.74) is 2.18. The molecule has 4 heterocycles. The second kappa shape index (κ2) is 7.44. The number of carbonyl (C=O) groups is 1. The number of nitrogens with zero attached hydrogens (tertiary/aromatic N) is 7. The summed E-state index contributed by atoms with van der Waals surface area (Å²) < 4.78 is 3.76. The fraction of sp³-hybridized carbons (Fsp3) is 0.632. The van der Waals surface area contributed by atoms with E-state index in [0.717, 1.165) is 63.6 Å². The molecule has 2 aliphatic rings. The molecular weight excluding hydrogens is 342 g/mol. The molecule has 0 saturated carbocycles. The smallest absolute Gasteiger partial charge is 0.245 e. The quantitative estimate of drug-likeness (QED) is 0.795. The van der Waals surface area contributed by atoms with E-state index in [9.17, 15) is 4.79 Å². The first-order valence-electron chi connectivity index (χ1n) is 9.78. The van der Waals surface area contributed by atoms with Gasteiger partial charge in [0.1, 0.15) is 5.82 Å². The van der Waals surface area contributed by atoms with Gasteiger partial charge in [-0.1, -0.05) is 0 Å². The van der Waals surface area contributed by atoms with Crippen LogP contribution in [0.15, 0.2) is 18.3 Å². The van der Waals surface area contributed by atoms with Crippen LogP contribution in [0, 0.1) is 6.92 Å². The Bertz CT molecular complexity index is 803. The van der Waals surface area contributed by atoms with Gasteiger partial charge in [0.25, 0.3) is 0 Å². The Balaban J connectivity index is 1.38. The van der Waals surface area contributed by atoms with Crippen molar-refractivity contribution in [1.82, 2.24) is 29.4 Å². The molecule has 1 atom stereocenters. The topological polar surface area (TPSA) is 62.4 Å². The van der Waals surface area contributed by atoms with E-state index in [0.29, 0.717) is 0 Å². The first-order valence-corrected chi connectivity index (χ1v) is 9.78. The van der Waals surface area contributed by atoms with Crippen LogP contribution in [0.25, 0.3) is 0 Å². The Morgan fingerprint density at radius 1 is 1.11 bits per heavy atom. The summed E-state index contributed by atoms with van der Waals surface area (Å²) in [7, 11) is 3.90. The van der Waals surface area contributed by atoms with E-state index in [4.69, 9.17) is 0 Å². The van der Waals surface area contributed by atoms with Gasteiger partial charge in [-0.05, 0) is 25.8 Å². The third-order valence-electron chi connectivity index (χ3n) is 5.82. The van der Waals surface area contributed by atoms with E-state index < -0.39 is 0 Å². The number of anilines is 1. The largest absolute Gasteiger partial charge is 0.296 e. The van der Waals surface area contributed by atoms with E-state index in [-0.39, 0.29) is 11.9 Å². The average molecular weight is 371 g/mol. The van der Waals surface area contributed by atoms with Gasteiger partial charge in [-0.3, -0.25) is 28.9 Å². The lowest BCUT2D eigenvalue weighted by molar-refractivity contribution is -0.126. The Kier molecular flexibility index (Phi) is 5.01. The first kappa shape index (κ1) is 18.2. The van der Waals surface area contributed by atoms with Crippen molar-refractivity contribution in [3.63, 3.8) is 0 Å². The lowest BCUT2D eigenvalue weighted by Crippen LogP contribution is -2.57. The molecule has 2 aliphatic heterocycles. The summed E-state index contributed by atoms with van der Waals surface area (Å²) in [5, 5.41) is 8.65. The van der Waals surface area contributed by atoms with Crippen molar-refractivity contribution in [1.29, 1.82) is 0 Å². The van der Waals surface area contributed by atoms with Crippen LogP contribution < -0.4 is 4.90 Å². The summed E-state index contributed by atoms with van der Waals surface area (Å²) in [6.45, 7) is 7.52. The van der Waals surface area contributed by atoms with E-state index in [1.165, 1.54) is 5.69 Å². The fourth-order valence-corrected chi connectivity index (χ4v) is 4.29. The lowest BCUT2D eigenvalue weighted by atomic mass is 10.0. The maximum Gasteiger partial charge on any atom is 0.245 e. The molecule has 8 nitrogen and oxygen atoms in total. The molecule has 0 N–H and O–H groups in total. The molecule has 146 valence electrons. The highest BCUT2D eigenvalue weighted by Gasteiger charge is 2.36. The van der Waals surface area contributed by atoms with Gasteiger partial charge in [0, 0.05) is 65.6 Å². The second-order valence-electron chi connectivity index (χ2n) is 7.67. The summed E-state index contributed by atoms with van der Waals surface area (Å²) in [6.07, 6.45) is 3.84. The summed E-state index contributed by atoms with van der Waals surface area (Å²) in [4.78, 5) is 19.9. The summed E-state index contributed by atoms with van der Waals surface area (Å²) >= 11 is 0. The molecule has 0 unspecified atom stereocenters. The summed E-state index contributed by atoms with van der Waals surface area (Å²) in [5.74, 6) is 1.14. The zero-order valence-corrected chi connectivity index (χ0v) is 16.5. The zero-order valence-electron chi connectivity index (χ0n) is 16.5. The lowest BCUT2D eigenvalue weighted by Gasteiger charge is -2.42. The van der Waals surface area contributed by atoms with Crippen LogP contribution in [-0.2, 0) is 25.4 Å². The standard InChI is InChI=1S/C19H29N7O/c1-15-13-18(23(3)21-15)26-8-4-5-17(19(26)27)25-11-9-24(10-12-25)14-16-6-7-20-22(16)2/h6-7,13,17H,4-5,8-12,14H2,1-3H3/t17-/m1/s1. The maximum absolute atomic E-state index is 13.2. The van der Waals surface area contributed by atoms with Crippen LogP contribution in [0.5, 0.6) is 0 Å². The van der Waals surface area contributed by atoms with Crippen LogP contribution in [0.3, 0.4) is 0 Å². The number of aryl methyl sites for hydroxylation is 3. The molecule has 2 saturated heterocycles. The predicted octanol–water partition coefficient (Wildman–Crippen LogP) is 0.775. The normalized spacial score (nSPS) is 22.6. The number of hydrogen-bond acceptors (Lipinski definition) is 5. The molecule has 0 aliphatic carbocycles. The highest BCUT2D eigenvalue weighted by molar-refractivity contribution is 5.97. The maximum atomic E-state index is 13.2. The number of amides is 1. The molecule has 27 heavy (non-hydrogen) atoms. The van der Waals surface area contributed by atoms with Gasteiger partial charge in [-0.15, -0.1) is 0 Å². The van der Waals surface area contributed by atoms with Crippen molar-refractivity contribution < 1.29 is 4.79 Å². The van der Waals surface area contributed by atoms with Gasteiger partial charge >= 0.3 is 0 Å². The van der Waals surface area contributed by atoms with Gasteiger partial charge in [0.2, 0.25) is 5.91 Å². The van der Waals surface area contributed by atoms with Crippen molar-refractivity contribution in [2.75, 3.05) is 37.6 Å². The third kappa shape index (κ3) is 3.64. The zero-order chi connectivity index (χ0) is 19.0. The number of aromatic nitrogens is 4. The molecule has 2 aromatic heterocycles. The van der Waals surface area contributed by atoms with Gasteiger partial charge in [-0.2, -0.15) is 10.2 Å². The van der Waals surface area contributed by atoms with E-state index in [1.54, 1.807) is 0 Å². The molecule has 2 fully saturated rings. The fourth-order valence-electron chi connectivity index (χ4n) is 4.29. The predicted molar refractivity (Wildman–Crippen MR) is 103 cm³/mol. The van der Waals surface area contributed by atoms with E-state index >= 15 is 0 Å². The number of carbonyl (C=O) groups excluding carboxylic acids is 1. The van der Waals surface area contributed by atoms with E-state index in [2.05, 4.69) is 26.1 Å². The Morgan fingerprint density at radius 2 is 1.89 bits per heavy atom. The van der Waals surface area contributed by atoms with Gasteiger partial charge < -0.3 is 0 Å². The average Bonchev–Trinajstić information content (AvgIpc) is 3.21. The van der Waals surface area contributed by atoms with Crippen molar-refractivity contribution in [3.05, 3.63) is 29.7 Å². The SMILES string of the molecule is Cc1cc(N2CCC[C@@H](N3CCN(Cc4ccnn4C)CC3)C2=O)n(C)n1. The number of piperazine rings is 1. The van der Waals surface area contributed by atoms with Crippen LogP contribution in [0.4, 0.5) is 5.82 Å². The highest BCUT2D eigenvalue weighted by atomic mass is 16.2. The Hall–Kier alpha value is -2.19. The van der Waals surface area contributed by atoms with Crippen LogP contribution in [-0.4, -0.2) is 74.0 Å². The van der Waals surface area contributed by atoms with Gasteiger partial charge in [-0.25, -0.2) is 0 Å². The third-order valence-corrected chi connectivity index (χ3v) is 5.82. The molecule has 0 bridgehead atoms. The molecule has 0 spiro atoms. The molecule has 0 radical (unpaired) electrons. The van der Waals surface area contributed by atoms with Crippen LogP contribution in [0.2, 0.25) is 0 Å². The van der Waals surface area contributed by atoms with Crippen molar-refractivity contribution in [2.24, 2.45) is 14.1 Å². The van der Waals surface area contributed by atoms with Gasteiger partial charge in [0.15, 0.2) is 0 Å². The molecule has 4 rings (SSSR count). The Labute approximate surface area is 160 Å². The molecule has 0 aromatic carbocycles.